The maximum Gasteiger partial charge on any atom is 0.225 e. The predicted molar refractivity (Wildman–Crippen MR) is 57.4 cm³/mol. The quantitative estimate of drug-likeness (QED) is 0.778. The van der Waals surface area contributed by atoms with Gasteiger partial charge in [-0.3, -0.25) is 0 Å². The first kappa shape index (κ1) is 11.6. The number of hydrogen-bond acceptors (Lipinski definition) is 5. The maximum absolute atomic E-state index is 5.91. The molecule has 0 bridgehead atoms. The van der Waals surface area contributed by atoms with Crippen molar-refractivity contribution >= 4 is 46.7 Å². The van der Waals surface area contributed by atoms with Gasteiger partial charge in [-0.15, -0.1) is 11.6 Å². The van der Waals surface area contributed by atoms with Crippen molar-refractivity contribution in [3.63, 3.8) is 0 Å². The summed E-state index contributed by atoms with van der Waals surface area (Å²) in [4.78, 5) is 11.1. The molecular formula is C6H8Cl3N5. The summed E-state index contributed by atoms with van der Waals surface area (Å²) in [5.74, 6) is -0.0423. The highest BCUT2D eigenvalue weighted by Crippen LogP contribution is 2.38. The largest absolute Gasteiger partial charge is 0.368 e. The van der Waals surface area contributed by atoms with Gasteiger partial charge in [-0.25, -0.2) is 0 Å². The fraction of sp³-hybridized carbons (Fsp3) is 0.500. The Bertz CT molecular complexity index is 320. The average molecular weight is 257 g/mol. The number of anilines is 2. The molecule has 8 heteroatoms. The van der Waals surface area contributed by atoms with Crippen LogP contribution in [0.5, 0.6) is 0 Å². The molecule has 0 aliphatic heterocycles. The topological polar surface area (TPSA) is 90.7 Å². The van der Waals surface area contributed by atoms with Crippen molar-refractivity contribution in [1.29, 1.82) is 0 Å². The van der Waals surface area contributed by atoms with E-state index in [9.17, 15) is 0 Å². The Morgan fingerprint density at radius 2 is 1.57 bits per heavy atom. The second kappa shape index (κ2) is 3.92. The fourth-order valence-electron chi connectivity index (χ4n) is 0.736. The molecule has 0 saturated heterocycles. The van der Waals surface area contributed by atoms with Crippen molar-refractivity contribution in [2.24, 2.45) is 0 Å². The van der Waals surface area contributed by atoms with Gasteiger partial charge in [0.2, 0.25) is 11.9 Å². The molecule has 1 unspecified atom stereocenters. The van der Waals surface area contributed by atoms with Crippen molar-refractivity contribution in [2.45, 2.75) is 16.6 Å². The monoisotopic (exact) mass is 255 g/mol. The van der Waals surface area contributed by atoms with Crippen LogP contribution in [0.15, 0.2) is 0 Å². The molecule has 0 aliphatic rings. The van der Waals surface area contributed by atoms with Gasteiger partial charge in [0.25, 0.3) is 0 Å². The maximum atomic E-state index is 5.91. The zero-order valence-corrected chi connectivity index (χ0v) is 9.48. The Kier molecular flexibility index (Phi) is 3.24. The highest BCUT2D eigenvalue weighted by Gasteiger charge is 2.36. The standard InChI is InChI=1S/C6H8Cl3N5/c1-2(7)6(8,9)3-12-4(10)14-5(11)13-3/h2H,1H3,(H4,10,11,12,13,14). The molecule has 0 fully saturated rings. The Labute approximate surface area is 95.8 Å². The van der Waals surface area contributed by atoms with E-state index in [1.54, 1.807) is 6.92 Å². The summed E-state index contributed by atoms with van der Waals surface area (Å²) in [6.45, 7) is 1.61. The van der Waals surface area contributed by atoms with Crippen molar-refractivity contribution in [2.75, 3.05) is 11.5 Å². The Balaban J connectivity index is 3.18. The number of nitrogens with zero attached hydrogens (tertiary/aromatic N) is 3. The number of alkyl halides is 3. The molecule has 0 saturated carbocycles. The molecule has 5 nitrogen and oxygen atoms in total. The second-order valence-electron chi connectivity index (χ2n) is 2.61. The molecule has 0 aliphatic carbocycles. The molecule has 4 N–H and O–H groups in total. The SMILES string of the molecule is CC(Cl)C(Cl)(Cl)c1nc(N)nc(N)n1. The van der Waals surface area contributed by atoms with Crippen LogP contribution in [0.3, 0.4) is 0 Å². The van der Waals surface area contributed by atoms with Crippen LogP contribution >= 0.6 is 34.8 Å². The first-order chi connectivity index (χ1) is 6.34. The highest BCUT2D eigenvalue weighted by molar-refractivity contribution is 6.51. The summed E-state index contributed by atoms with van der Waals surface area (Å²) in [5, 5.41) is -0.591. The van der Waals surface area contributed by atoms with E-state index in [1.807, 2.05) is 0 Å². The summed E-state index contributed by atoms with van der Waals surface area (Å²) < 4.78 is -1.44. The molecular weight excluding hydrogens is 248 g/mol. The van der Waals surface area contributed by atoms with E-state index in [4.69, 9.17) is 46.3 Å². The minimum atomic E-state index is -1.44. The number of hydrogen-bond donors (Lipinski definition) is 2. The lowest BCUT2D eigenvalue weighted by Gasteiger charge is -2.20. The van der Waals surface area contributed by atoms with Crippen LogP contribution in [-0.4, -0.2) is 20.3 Å². The highest BCUT2D eigenvalue weighted by atomic mass is 35.5. The number of nitrogen functional groups attached to an aromatic ring is 2. The van der Waals surface area contributed by atoms with E-state index in [1.165, 1.54) is 0 Å². The van der Waals surface area contributed by atoms with Crippen LogP contribution in [-0.2, 0) is 4.33 Å². The van der Waals surface area contributed by atoms with Crippen molar-refractivity contribution < 1.29 is 0 Å². The van der Waals surface area contributed by atoms with Gasteiger partial charge in [0.15, 0.2) is 10.2 Å². The van der Waals surface area contributed by atoms with Gasteiger partial charge in [0.05, 0.1) is 5.38 Å². The zero-order chi connectivity index (χ0) is 10.9. The number of aromatic nitrogens is 3. The van der Waals surface area contributed by atoms with Gasteiger partial charge >= 0.3 is 0 Å². The van der Waals surface area contributed by atoms with Crippen LogP contribution in [0.1, 0.15) is 12.7 Å². The average Bonchev–Trinajstić information content (AvgIpc) is 2.01. The molecule has 0 aromatic carbocycles. The number of rotatable bonds is 2. The van der Waals surface area contributed by atoms with Gasteiger partial charge in [0, 0.05) is 0 Å². The first-order valence-corrected chi connectivity index (χ1v) is 4.82. The molecule has 1 rings (SSSR count). The first-order valence-electron chi connectivity index (χ1n) is 3.63. The van der Waals surface area contributed by atoms with Gasteiger partial charge in [0.1, 0.15) is 0 Å². The summed E-state index contributed by atoms with van der Waals surface area (Å²) >= 11 is 17.6. The third-order valence-electron chi connectivity index (χ3n) is 1.47. The zero-order valence-electron chi connectivity index (χ0n) is 7.21. The smallest absolute Gasteiger partial charge is 0.225 e. The minimum Gasteiger partial charge on any atom is -0.368 e. The number of nitrogens with two attached hydrogens (primary N) is 2. The van der Waals surface area contributed by atoms with Crippen LogP contribution in [0.2, 0.25) is 0 Å². The molecule has 0 spiro atoms. The van der Waals surface area contributed by atoms with Crippen LogP contribution in [0, 0.1) is 0 Å². The van der Waals surface area contributed by atoms with Gasteiger partial charge in [-0.05, 0) is 6.92 Å². The molecule has 0 amide bonds. The predicted octanol–water partition coefficient (Wildman–Crippen LogP) is 1.29. The van der Waals surface area contributed by atoms with Crippen molar-refractivity contribution in [3.8, 4) is 0 Å². The van der Waals surface area contributed by atoms with E-state index in [-0.39, 0.29) is 17.7 Å². The number of halogens is 3. The summed E-state index contributed by atoms with van der Waals surface area (Å²) in [7, 11) is 0. The Hall–Kier alpha value is -0.520. The molecule has 14 heavy (non-hydrogen) atoms. The Morgan fingerprint density at radius 1 is 1.14 bits per heavy atom. The third-order valence-corrected chi connectivity index (χ3v) is 3.01. The van der Waals surface area contributed by atoms with Crippen molar-refractivity contribution in [1.82, 2.24) is 15.0 Å². The molecule has 1 aromatic rings. The van der Waals surface area contributed by atoms with Crippen LogP contribution in [0.25, 0.3) is 0 Å². The fourth-order valence-corrected chi connectivity index (χ4v) is 1.00. The summed E-state index contributed by atoms with van der Waals surface area (Å²) in [6.07, 6.45) is 0. The van der Waals surface area contributed by atoms with E-state index >= 15 is 0 Å². The van der Waals surface area contributed by atoms with Gasteiger partial charge in [-0.1, -0.05) is 23.2 Å². The summed E-state index contributed by atoms with van der Waals surface area (Å²) in [6, 6.07) is 0. The molecule has 1 aromatic heterocycles. The summed E-state index contributed by atoms with van der Waals surface area (Å²) in [5.41, 5.74) is 10.7. The van der Waals surface area contributed by atoms with Crippen LogP contribution in [0.4, 0.5) is 11.9 Å². The lowest BCUT2D eigenvalue weighted by Crippen LogP contribution is -2.25. The van der Waals surface area contributed by atoms with E-state index < -0.39 is 9.71 Å². The lowest BCUT2D eigenvalue weighted by molar-refractivity contribution is 0.740. The van der Waals surface area contributed by atoms with E-state index in [2.05, 4.69) is 15.0 Å². The van der Waals surface area contributed by atoms with Gasteiger partial charge in [-0.2, -0.15) is 15.0 Å². The van der Waals surface area contributed by atoms with Gasteiger partial charge < -0.3 is 11.5 Å². The molecule has 1 atom stereocenters. The minimum absolute atomic E-state index is 0.0458. The van der Waals surface area contributed by atoms with E-state index in [0.29, 0.717) is 0 Å². The second-order valence-corrected chi connectivity index (χ2v) is 4.65. The molecule has 1 heterocycles. The molecule has 0 radical (unpaired) electrons. The van der Waals surface area contributed by atoms with Crippen molar-refractivity contribution in [3.05, 3.63) is 5.82 Å². The normalized spacial score (nSPS) is 14.0. The van der Waals surface area contributed by atoms with E-state index in [0.717, 1.165) is 0 Å². The lowest BCUT2D eigenvalue weighted by atomic mass is 10.3. The third kappa shape index (κ3) is 2.29. The molecule has 78 valence electrons. The van der Waals surface area contributed by atoms with Crippen LogP contribution < -0.4 is 11.5 Å². The Morgan fingerprint density at radius 3 is 1.93 bits per heavy atom.